The Balaban J connectivity index is 2.87. The number of hydrogen-bond donors (Lipinski definition) is 0. The maximum absolute atomic E-state index is 13.2. The van der Waals surface area contributed by atoms with E-state index in [1.807, 2.05) is 0 Å². The first kappa shape index (κ1) is 12.5. The minimum atomic E-state index is -4.94. The molecule has 0 aliphatic heterocycles. The number of halogens is 4. The van der Waals surface area contributed by atoms with Gasteiger partial charge in [0, 0.05) is 12.5 Å². The maximum atomic E-state index is 13.2. The first-order valence-corrected chi connectivity index (χ1v) is 4.27. The molecule has 6 heteroatoms. The van der Waals surface area contributed by atoms with E-state index in [0.29, 0.717) is 0 Å². The molecular formula is C10H8F4O2. The van der Waals surface area contributed by atoms with Crippen LogP contribution in [0.15, 0.2) is 18.2 Å². The molecule has 0 aliphatic carbocycles. The number of rotatable bonds is 3. The van der Waals surface area contributed by atoms with Gasteiger partial charge in [-0.25, -0.2) is 4.39 Å². The molecule has 0 spiro atoms. The second-order valence-electron chi connectivity index (χ2n) is 3.06. The molecule has 1 aromatic rings. The summed E-state index contributed by atoms with van der Waals surface area (Å²) >= 11 is 0. The highest BCUT2D eigenvalue weighted by molar-refractivity contribution is 5.86. The van der Waals surface area contributed by atoms with Gasteiger partial charge in [-0.1, -0.05) is 6.07 Å². The Morgan fingerprint density at radius 2 is 2.00 bits per heavy atom. The van der Waals surface area contributed by atoms with Crippen LogP contribution in [-0.2, 0) is 11.2 Å². The predicted octanol–water partition coefficient (Wildman–Crippen LogP) is 2.51. The number of hydrogen-bond acceptors (Lipinski definition) is 2. The molecule has 88 valence electrons. The van der Waals surface area contributed by atoms with Crippen molar-refractivity contribution in [1.29, 1.82) is 0 Å². The number of carbonyl (C=O) groups excluding carboxylic acids is 1. The van der Waals surface area contributed by atoms with Crippen LogP contribution in [0.1, 0.15) is 5.56 Å². The normalized spacial score (nSPS) is 11.3. The van der Waals surface area contributed by atoms with E-state index in [1.54, 1.807) is 0 Å². The highest BCUT2D eigenvalue weighted by Gasteiger charge is 2.38. The van der Waals surface area contributed by atoms with Crippen LogP contribution < -0.4 is 4.74 Å². The Kier molecular flexibility index (Phi) is 3.51. The van der Waals surface area contributed by atoms with E-state index in [9.17, 15) is 22.4 Å². The van der Waals surface area contributed by atoms with Crippen molar-refractivity contribution >= 4 is 5.78 Å². The van der Waals surface area contributed by atoms with Gasteiger partial charge in [0.1, 0.15) is 11.6 Å². The molecule has 0 aromatic heterocycles. The van der Waals surface area contributed by atoms with Crippen LogP contribution in [0.4, 0.5) is 17.6 Å². The van der Waals surface area contributed by atoms with Gasteiger partial charge in [-0.05, 0) is 11.6 Å². The Labute approximate surface area is 88.8 Å². The Morgan fingerprint density at radius 1 is 1.38 bits per heavy atom. The average molecular weight is 236 g/mol. The quantitative estimate of drug-likeness (QED) is 0.754. The minimum absolute atomic E-state index is 0.181. The number of alkyl halides is 3. The summed E-state index contributed by atoms with van der Waals surface area (Å²) in [5.41, 5.74) is -0.303. The SMILES string of the molecule is COc1ccc(CC(=O)C(F)(F)F)c(F)c1. The van der Waals surface area contributed by atoms with E-state index in [-0.39, 0.29) is 11.3 Å². The standard InChI is InChI=1S/C10H8F4O2/c1-16-7-3-2-6(8(11)5-7)4-9(15)10(12,13)14/h2-3,5H,4H2,1H3. The van der Waals surface area contributed by atoms with Gasteiger partial charge in [0.25, 0.3) is 0 Å². The highest BCUT2D eigenvalue weighted by Crippen LogP contribution is 2.22. The third-order valence-electron chi connectivity index (χ3n) is 1.93. The minimum Gasteiger partial charge on any atom is -0.497 e. The van der Waals surface area contributed by atoms with Crippen LogP contribution >= 0.6 is 0 Å². The molecule has 1 aromatic carbocycles. The lowest BCUT2D eigenvalue weighted by Gasteiger charge is -2.07. The molecule has 16 heavy (non-hydrogen) atoms. The summed E-state index contributed by atoms with van der Waals surface area (Å²) in [6, 6.07) is 3.32. The Morgan fingerprint density at radius 3 is 2.44 bits per heavy atom. The fraction of sp³-hybridized carbons (Fsp3) is 0.300. The highest BCUT2D eigenvalue weighted by atomic mass is 19.4. The van der Waals surface area contributed by atoms with E-state index in [1.165, 1.54) is 13.2 Å². The van der Waals surface area contributed by atoms with Crippen molar-refractivity contribution in [3.8, 4) is 5.75 Å². The average Bonchev–Trinajstić information content (AvgIpc) is 2.19. The van der Waals surface area contributed by atoms with Crippen LogP contribution in [0.2, 0.25) is 0 Å². The van der Waals surface area contributed by atoms with E-state index >= 15 is 0 Å². The van der Waals surface area contributed by atoms with Crippen LogP contribution in [0.25, 0.3) is 0 Å². The number of ketones is 1. The summed E-state index contributed by atoms with van der Waals surface area (Å²) in [5, 5.41) is 0. The van der Waals surface area contributed by atoms with Crippen LogP contribution in [0, 0.1) is 5.82 Å². The van der Waals surface area contributed by atoms with E-state index in [2.05, 4.69) is 4.74 Å². The molecule has 0 heterocycles. The summed E-state index contributed by atoms with van der Waals surface area (Å²) in [7, 11) is 1.30. The summed E-state index contributed by atoms with van der Waals surface area (Å²) in [6.45, 7) is 0. The molecule has 0 N–H and O–H groups in total. The van der Waals surface area contributed by atoms with Gasteiger partial charge in [0.2, 0.25) is 5.78 Å². The molecule has 0 atom stereocenters. The van der Waals surface area contributed by atoms with E-state index < -0.39 is 24.2 Å². The zero-order valence-corrected chi connectivity index (χ0v) is 8.27. The zero-order valence-electron chi connectivity index (χ0n) is 8.27. The number of benzene rings is 1. The molecule has 0 unspecified atom stereocenters. The summed E-state index contributed by atoms with van der Waals surface area (Å²) in [6.07, 6.45) is -5.94. The smallest absolute Gasteiger partial charge is 0.450 e. The van der Waals surface area contributed by atoms with Gasteiger partial charge in [-0.2, -0.15) is 13.2 Å². The summed E-state index contributed by atoms with van der Waals surface area (Å²) in [4.78, 5) is 10.6. The molecule has 2 nitrogen and oxygen atoms in total. The molecule has 0 bridgehead atoms. The molecular weight excluding hydrogens is 228 g/mol. The number of carbonyl (C=O) groups is 1. The third-order valence-corrected chi connectivity index (χ3v) is 1.93. The topological polar surface area (TPSA) is 26.3 Å². The van der Waals surface area contributed by atoms with Gasteiger partial charge in [0.05, 0.1) is 7.11 Å². The molecule has 0 aliphatic rings. The lowest BCUT2D eigenvalue weighted by molar-refractivity contribution is -0.170. The molecule has 0 amide bonds. The lowest BCUT2D eigenvalue weighted by atomic mass is 10.1. The van der Waals surface area contributed by atoms with Crippen molar-refractivity contribution in [3.63, 3.8) is 0 Å². The Hall–Kier alpha value is -1.59. The van der Waals surface area contributed by atoms with Crippen LogP contribution in [-0.4, -0.2) is 19.1 Å². The summed E-state index contributed by atoms with van der Waals surface area (Å²) in [5.74, 6) is -2.69. The van der Waals surface area contributed by atoms with Gasteiger partial charge < -0.3 is 4.74 Å². The van der Waals surface area contributed by atoms with Crippen molar-refractivity contribution in [2.45, 2.75) is 12.6 Å². The molecule has 0 radical (unpaired) electrons. The van der Waals surface area contributed by atoms with Crippen molar-refractivity contribution < 1.29 is 27.1 Å². The van der Waals surface area contributed by atoms with Crippen molar-refractivity contribution in [2.24, 2.45) is 0 Å². The van der Waals surface area contributed by atoms with Crippen molar-refractivity contribution in [3.05, 3.63) is 29.6 Å². The fourth-order valence-electron chi connectivity index (χ4n) is 1.07. The van der Waals surface area contributed by atoms with Crippen molar-refractivity contribution in [2.75, 3.05) is 7.11 Å². The van der Waals surface area contributed by atoms with Crippen LogP contribution in [0.5, 0.6) is 5.75 Å². The fourth-order valence-corrected chi connectivity index (χ4v) is 1.07. The van der Waals surface area contributed by atoms with Crippen LogP contribution in [0.3, 0.4) is 0 Å². The maximum Gasteiger partial charge on any atom is 0.450 e. The first-order valence-electron chi connectivity index (χ1n) is 4.27. The monoisotopic (exact) mass is 236 g/mol. The van der Waals surface area contributed by atoms with E-state index in [0.717, 1.165) is 12.1 Å². The van der Waals surface area contributed by atoms with Crippen molar-refractivity contribution in [1.82, 2.24) is 0 Å². The molecule has 1 rings (SSSR count). The number of Topliss-reactive ketones (excluding diaryl/α,β-unsaturated/α-hetero) is 1. The number of methoxy groups -OCH3 is 1. The zero-order chi connectivity index (χ0) is 12.3. The molecule has 0 saturated heterocycles. The summed E-state index contributed by atoms with van der Waals surface area (Å²) < 4.78 is 53.6. The largest absolute Gasteiger partial charge is 0.497 e. The Bertz CT molecular complexity index is 398. The lowest BCUT2D eigenvalue weighted by Crippen LogP contribution is -2.24. The van der Waals surface area contributed by atoms with Gasteiger partial charge >= 0.3 is 6.18 Å². The molecule has 0 fully saturated rings. The molecule has 0 saturated carbocycles. The van der Waals surface area contributed by atoms with Gasteiger partial charge in [-0.15, -0.1) is 0 Å². The van der Waals surface area contributed by atoms with E-state index in [4.69, 9.17) is 0 Å². The third kappa shape index (κ3) is 2.95. The second-order valence-corrected chi connectivity index (χ2v) is 3.06. The van der Waals surface area contributed by atoms with Gasteiger partial charge in [0.15, 0.2) is 0 Å². The predicted molar refractivity (Wildman–Crippen MR) is 47.7 cm³/mol. The first-order chi connectivity index (χ1) is 7.34. The second kappa shape index (κ2) is 4.51. The van der Waals surface area contributed by atoms with Gasteiger partial charge in [-0.3, -0.25) is 4.79 Å². The number of ether oxygens (including phenoxy) is 1.